The van der Waals surface area contributed by atoms with Gasteiger partial charge in [-0.15, -0.1) is 0 Å². The zero-order valence-electron chi connectivity index (χ0n) is 8.77. The molecule has 0 heterocycles. The van der Waals surface area contributed by atoms with Crippen LogP contribution in [0.1, 0.15) is 20.3 Å². The van der Waals surface area contributed by atoms with Gasteiger partial charge in [-0.05, 0) is 19.3 Å². The third-order valence-corrected chi connectivity index (χ3v) is 2.70. The van der Waals surface area contributed by atoms with Crippen molar-refractivity contribution in [3.05, 3.63) is 12.2 Å². The number of carbonyl (C=O) groups is 1. The first kappa shape index (κ1) is 11.2. The Balaban J connectivity index is 2.60. The molecule has 0 saturated carbocycles. The van der Waals surface area contributed by atoms with Crippen LogP contribution in [0.25, 0.3) is 0 Å². The number of aliphatic hydroxyl groups excluding tert-OH is 1. The van der Waals surface area contributed by atoms with Crippen molar-refractivity contribution < 1.29 is 14.6 Å². The first-order valence-electron chi connectivity index (χ1n) is 5.14. The number of esters is 1. The third-order valence-electron chi connectivity index (χ3n) is 2.70. The molecule has 3 heteroatoms. The Bertz CT molecular complexity index is 223. The summed E-state index contributed by atoms with van der Waals surface area (Å²) in [4.78, 5) is 11.5. The molecule has 0 aromatic carbocycles. The molecule has 80 valence electrons. The fourth-order valence-electron chi connectivity index (χ4n) is 1.78. The van der Waals surface area contributed by atoms with Gasteiger partial charge in [-0.25, -0.2) is 0 Å². The van der Waals surface area contributed by atoms with Gasteiger partial charge in [-0.3, -0.25) is 4.79 Å². The number of allylic oxidation sites excluding steroid dienone is 1. The molecule has 14 heavy (non-hydrogen) atoms. The minimum absolute atomic E-state index is 0.0860. The normalized spacial score (nSPS) is 31.5. The SMILES string of the molecule is CCOC(=O)[C@@H]1C[C@@H](CO)C=C[C@H]1C. The van der Waals surface area contributed by atoms with Crippen molar-refractivity contribution >= 4 is 5.97 Å². The van der Waals surface area contributed by atoms with Crippen LogP contribution < -0.4 is 0 Å². The lowest BCUT2D eigenvalue weighted by Gasteiger charge is -2.26. The number of hydrogen-bond donors (Lipinski definition) is 1. The Hall–Kier alpha value is -0.830. The van der Waals surface area contributed by atoms with Crippen LogP contribution in [-0.2, 0) is 9.53 Å². The highest BCUT2D eigenvalue weighted by Gasteiger charge is 2.30. The maximum atomic E-state index is 11.5. The molecule has 0 aliphatic heterocycles. The summed E-state index contributed by atoms with van der Waals surface area (Å²) in [6.45, 7) is 4.35. The first-order valence-corrected chi connectivity index (χ1v) is 5.14. The van der Waals surface area contributed by atoms with E-state index in [2.05, 4.69) is 0 Å². The molecule has 1 rings (SSSR count). The van der Waals surface area contributed by atoms with E-state index >= 15 is 0 Å². The van der Waals surface area contributed by atoms with Crippen molar-refractivity contribution in [2.24, 2.45) is 17.8 Å². The molecular formula is C11H18O3. The van der Waals surface area contributed by atoms with Gasteiger partial charge in [0.2, 0.25) is 0 Å². The molecule has 0 spiro atoms. The van der Waals surface area contributed by atoms with Crippen LogP contribution in [0.15, 0.2) is 12.2 Å². The molecule has 0 unspecified atom stereocenters. The topological polar surface area (TPSA) is 46.5 Å². The number of hydrogen-bond acceptors (Lipinski definition) is 3. The summed E-state index contributed by atoms with van der Waals surface area (Å²) in [7, 11) is 0. The van der Waals surface area contributed by atoms with Gasteiger partial charge in [0.05, 0.1) is 12.5 Å². The van der Waals surface area contributed by atoms with Gasteiger partial charge >= 0.3 is 5.97 Å². The van der Waals surface area contributed by atoms with Crippen LogP contribution in [-0.4, -0.2) is 24.3 Å². The van der Waals surface area contributed by atoms with Gasteiger partial charge < -0.3 is 9.84 Å². The van der Waals surface area contributed by atoms with E-state index < -0.39 is 0 Å². The molecule has 3 atom stereocenters. The number of carbonyl (C=O) groups excluding carboxylic acids is 1. The van der Waals surface area contributed by atoms with Gasteiger partial charge in [0, 0.05) is 12.5 Å². The average molecular weight is 198 g/mol. The molecule has 0 saturated heterocycles. The van der Waals surface area contributed by atoms with Gasteiger partial charge in [-0.2, -0.15) is 0 Å². The fourth-order valence-corrected chi connectivity index (χ4v) is 1.78. The predicted octanol–water partition coefficient (Wildman–Crippen LogP) is 1.37. The van der Waals surface area contributed by atoms with Gasteiger partial charge in [-0.1, -0.05) is 19.1 Å². The quantitative estimate of drug-likeness (QED) is 0.550. The summed E-state index contributed by atoms with van der Waals surface area (Å²) in [6.07, 6.45) is 4.68. The maximum absolute atomic E-state index is 11.5. The van der Waals surface area contributed by atoms with Crippen LogP contribution >= 0.6 is 0 Å². The Morgan fingerprint density at radius 1 is 1.57 bits per heavy atom. The lowest BCUT2D eigenvalue weighted by atomic mass is 9.80. The van der Waals surface area contributed by atoms with E-state index in [0.717, 1.165) is 0 Å². The molecule has 0 fully saturated rings. The highest BCUT2D eigenvalue weighted by molar-refractivity contribution is 5.73. The van der Waals surface area contributed by atoms with Crippen LogP contribution in [0.4, 0.5) is 0 Å². The zero-order valence-corrected chi connectivity index (χ0v) is 8.77. The first-order chi connectivity index (χ1) is 6.69. The van der Waals surface area contributed by atoms with E-state index in [1.54, 1.807) is 0 Å². The Kier molecular flexibility index (Phi) is 4.14. The van der Waals surface area contributed by atoms with E-state index in [1.165, 1.54) is 0 Å². The molecule has 0 amide bonds. The van der Waals surface area contributed by atoms with Crippen LogP contribution in [0.2, 0.25) is 0 Å². The lowest BCUT2D eigenvalue weighted by molar-refractivity contribution is -0.150. The molecule has 0 aromatic rings. The predicted molar refractivity (Wildman–Crippen MR) is 53.6 cm³/mol. The standard InChI is InChI=1S/C11H18O3/c1-3-14-11(13)10-6-9(7-12)5-4-8(10)2/h4-5,8-10,12H,3,6-7H2,1-2H3/t8-,9+,10-/m1/s1. The number of ether oxygens (including phenoxy) is 1. The second-order valence-corrected chi connectivity index (χ2v) is 3.78. The molecule has 0 aromatic heterocycles. The molecule has 1 aliphatic carbocycles. The van der Waals surface area contributed by atoms with Crippen molar-refractivity contribution in [2.45, 2.75) is 20.3 Å². The highest BCUT2D eigenvalue weighted by Crippen LogP contribution is 2.28. The summed E-state index contributed by atoms with van der Waals surface area (Å²) in [5.74, 6) is 0.109. The van der Waals surface area contributed by atoms with Crippen molar-refractivity contribution in [1.29, 1.82) is 0 Å². The van der Waals surface area contributed by atoms with Crippen molar-refractivity contribution in [3.8, 4) is 0 Å². The third kappa shape index (κ3) is 2.58. The minimum atomic E-state index is -0.136. The summed E-state index contributed by atoms with van der Waals surface area (Å²) < 4.78 is 4.99. The fraction of sp³-hybridized carbons (Fsp3) is 0.727. The monoisotopic (exact) mass is 198 g/mol. The van der Waals surface area contributed by atoms with Crippen molar-refractivity contribution in [1.82, 2.24) is 0 Å². The molecule has 1 aliphatic rings. The zero-order chi connectivity index (χ0) is 10.6. The van der Waals surface area contributed by atoms with E-state index in [4.69, 9.17) is 9.84 Å². The summed E-state index contributed by atoms with van der Waals surface area (Å²) >= 11 is 0. The Morgan fingerprint density at radius 2 is 2.29 bits per heavy atom. The summed E-state index contributed by atoms with van der Waals surface area (Å²) in [5.41, 5.74) is 0. The van der Waals surface area contributed by atoms with E-state index in [0.29, 0.717) is 13.0 Å². The maximum Gasteiger partial charge on any atom is 0.309 e. The molecule has 1 N–H and O–H groups in total. The molecule has 0 bridgehead atoms. The molecular weight excluding hydrogens is 180 g/mol. The smallest absolute Gasteiger partial charge is 0.309 e. The lowest BCUT2D eigenvalue weighted by Crippen LogP contribution is -2.29. The average Bonchev–Trinajstić information content (AvgIpc) is 2.19. The number of rotatable bonds is 3. The van der Waals surface area contributed by atoms with Gasteiger partial charge in [0.1, 0.15) is 0 Å². The minimum Gasteiger partial charge on any atom is -0.466 e. The summed E-state index contributed by atoms with van der Waals surface area (Å²) in [5, 5.41) is 9.00. The van der Waals surface area contributed by atoms with E-state index in [-0.39, 0.29) is 30.3 Å². The van der Waals surface area contributed by atoms with Crippen molar-refractivity contribution in [2.75, 3.05) is 13.2 Å². The summed E-state index contributed by atoms with van der Waals surface area (Å²) in [6, 6.07) is 0. The van der Waals surface area contributed by atoms with Gasteiger partial charge in [0.15, 0.2) is 0 Å². The Labute approximate surface area is 84.8 Å². The van der Waals surface area contributed by atoms with Crippen LogP contribution in [0, 0.1) is 17.8 Å². The molecule has 3 nitrogen and oxygen atoms in total. The second kappa shape index (κ2) is 5.15. The second-order valence-electron chi connectivity index (χ2n) is 3.78. The van der Waals surface area contributed by atoms with Crippen molar-refractivity contribution in [3.63, 3.8) is 0 Å². The molecule has 0 radical (unpaired) electrons. The Morgan fingerprint density at radius 3 is 2.86 bits per heavy atom. The van der Waals surface area contributed by atoms with Gasteiger partial charge in [0.25, 0.3) is 0 Å². The van der Waals surface area contributed by atoms with E-state index in [9.17, 15) is 4.79 Å². The largest absolute Gasteiger partial charge is 0.466 e. The van der Waals surface area contributed by atoms with Crippen LogP contribution in [0.3, 0.4) is 0 Å². The van der Waals surface area contributed by atoms with Crippen LogP contribution in [0.5, 0.6) is 0 Å². The van der Waals surface area contributed by atoms with E-state index in [1.807, 2.05) is 26.0 Å². The number of aliphatic hydroxyl groups is 1. The highest BCUT2D eigenvalue weighted by atomic mass is 16.5.